The van der Waals surface area contributed by atoms with E-state index in [1.807, 2.05) is 6.92 Å². The van der Waals surface area contributed by atoms with Gasteiger partial charge in [-0.15, -0.1) is 0 Å². The average Bonchev–Trinajstić information content (AvgIpc) is 2.82. The topological polar surface area (TPSA) is 98.2 Å². The Morgan fingerprint density at radius 1 is 1.29 bits per heavy atom. The number of nitrogen functional groups attached to an aromatic ring is 1. The number of hydrogen-bond donors (Lipinski definition) is 2. The second-order valence-corrected chi connectivity index (χ2v) is 6.59. The molecule has 0 atom stereocenters. The summed E-state index contributed by atoms with van der Waals surface area (Å²) in [4.78, 5) is 4.28. The SMILES string of the molecule is CCc1cnc(CNS(=O)(=O)c2c(C)cc(N)cc2C)o1. The normalized spacial score (nSPS) is 11.8. The summed E-state index contributed by atoms with van der Waals surface area (Å²) in [5.74, 6) is 1.07. The van der Waals surface area contributed by atoms with Crippen LogP contribution in [-0.4, -0.2) is 13.4 Å². The number of benzene rings is 1. The Bertz CT molecular complexity index is 728. The van der Waals surface area contributed by atoms with Crippen LogP contribution in [0.5, 0.6) is 0 Å². The minimum Gasteiger partial charge on any atom is -0.444 e. The highest BCUT2D eigenvalue weighted by Crippen LogP contribution is 2.23. The molecule has 0 spiro atoms. The van der Waals surface area contributed by atoms with Gasteiger partial charge in [-0.2, -0.15) is 0 Å². The summed E-state index contributed by atoms with van der Waals surface area (Å²) >= 11 is 0. The average molecular weight is 309 g/mol. The van der Waals surface area contributed by atoms with E-state index >= 15 is 0 Å². The van der Waals surface area contributed by atoms with Gasteiger partial charge in [0, 0.05) is 12.1 Å². The Balaban J connectivity index is 2.23. The number of anilines is 1. The number of rotatable bonds is 5. The molecule has 0 bridgehead atoms. The van der Waals surface area contributed by atoms with Gasteiger partial charge in [0.1, 0.15) is 5.76 Å². The monoisotopic (exact) mass is 309 g/mol. The van der Waals surface area contributed by atoms with Crippen LogP contribution in [0, 0.1) is 13.8 Å². The molecule has 7 heteroatoms. The lowest BCUT2D eigenvalue weighted by molar-refractivity contribution is 0.452. The van der Waals surface area contributed by atoms with Gasteiger partial charge in [-0.05, 0) is 37.1 Å². The molecular weight excluding hydrogens is 290 g/mol. The van der Waals surface area contributed by atoms with Crippen LogP contribution in [0.4, 0.5) is 5.69 Å². The van der Waals surface area contributed by atoms with Crippen molar-refractivity contribution in [2.75, 3.05) is 5.73 Å². The first-order valence-electron chi connectivity index (χ1n) is 6.63. The first kappa shape index (κ1) is 15.5. The highest BCUT2D eigenvalue weighted by Gasteiger charge is 2.20. The maximum Gasteiger partial charge on any atom is 0.241 e. The number of oxazole rings is 1. The van der Waals surface area contributed by atoms with Gasteiger partial charge < -0.3 is 10.2 Å². The fourth-order valence-corrected chi connectivity index (χ4v) is 3.65. The third-order valence-corrected chi connectivity index (χ3v) is 4.82. The number of nitrogens with zero attached hydrogens (tertiary/aromatic N) is 1. The van der Waals surface area contributed by atoms with E-state index in [2.05, 4.69) is 9.71 Å². The second kappa shape index (κ2) is 5.87. The molecule has 2 rings (SSSR count). The van der Waals surface area contributed by atoms with Crippen LogP contribution in [0.25, 0.3) is 0 Å². The quantitative estimate of drug-likeness (QED) is 0.822. The van der Waals surface area contributed by atoms with Crippen molar-refractivity contribution in [1.29, 1.82) is 0 Å². The molecule has 0 amide bonds. The van der Waals surface area contributed by atoms with Crippen LogP contribution in [0.1, 0.15) is 29.7 Å². The van der Waals surface area contributed by atoms with Gasteiger partial charge in [-0.1, -0.05) is 6.92 Å². The lowest BCUT2D eigenvalue weighted by Gasteiger charge is -2.12. The minimum absolute atomic E-state index is 0.0194. The molecule has 0 radical (unpaired) electrons. The molecule has 1 aromatic heterocycles. The molecule has 0 saturated heterocycles. The predicted octanol–water partition coefficient (Wildman–Crippen LogP) is 1.91. The number of hydrogen-bond acceptors (Lipinski definition) is 5. The molecule has 0 aliphatic carbocycles. The molecule has 2 aromatic rings. The third kappa shape index (κ3) is 3.43. The van der Waals surface area contributed by atoms with Crippen LogP contribution in [-0.2, 0) is 23.0 Å². The number of nitrogens with two attached hydrogens (primary N) is 1. The van der Waals surface area contributed by atoms with E-state index in [4.69, 9.17) is 10.2 Å². The molecule has 1 heterocycles. The lowest BCUT2D eigenvalue weighted by Crippen LogP contribution is -2.25. The van der Waals surface area contributed by atoms with E-state index in [1.54, 1.807) is 32.2 Å². The fraction of sp³-hybridized carbons (Fsp3) is 0.357. The minimum atomic E-state index is -3.64. The molecule has 21 heavy (non-hydrogen) atoms. The Kier molecular flexibility index (Phi) is 4.34. The van der Waals surface area contributed by atoms with Gasteiger partial charge in [0.05, 0.1) is 17.6 Å². The van der Waals surface area contributed by atoms with Gasteiger partial charge in [0.25, 0.3) is 0 Å². The molecule has 0 fully saturated rings. The van der Waals surface area contributed by atoms with Crippen LogP contribution in [0.15, 0.2) is 27.6 Å². The Morgan fingerprint density at radius 3 is 2.43 bits per heavy atom. The Labute approximate surface area is 124 Å². The van der Waals surface area contributed by atoms with Crippen molar-refractivity contribution in [2.45, 2.75) is 38.6 Å². The summed E-state index contributed by atoms with van der Waals surface area (Å²) in [5, 5.41) is 0. The van der Waals surface area contributed by atoms with E-state index in [1.165, 1.54) is 0 Å². The summed E-state index contributed by atoms with van der Waals surface area (Å²) in [6.45, 7) is 5.40. The fourth-order valence-electron chi connectivity index (χ4n) is 2.23. The lowest BCUT2D eigenvalue weighted by atomic mass is 10.1. The van der Waals surface area contributed by atoms with Crippen LogP contribution in [0.3, 0.4) is 0 Å². The number of aryl methyl sites for hydroxylation is 3. The molecule has 114 valence electrons. The molecule has 0 aliphatic heterocycles. The number of sulfonamides is 1. The highest BCUT2D eigenvalue weighted by atomic mass is 32.2. The number of aromatic nitrogens is 1. The zero-order valence-electron chi connectivity index (χ0n) is 12.3. The van der Waals surface area contributed by atoms with Crippen LogP contribution in [0.2, 0.25) is 0 Å². The van der Waals surface area contributed by atoms with Crippen molar-refractivity contribution in [2.24, 2.45) is 0 Å². The molecule has 0 saturated carbocycles. The number of nitrogens with one attached hydrogen (secondary N) is 1. The summed E-state index contributed by atoms with van der Waals surface area (Å²) in [7, 11) is -3.64. The standard InChI is InChI=1S/C14H19N3O3S/c1-4-12-7-16-13(20-12)8-17-21(18,19)14-9(2)5-11(15)6-10(14)3/h5-7,17H,4,8,15H2,1-3H3. The maximum absolute atomic E-state index is 12.4. The smallest absolute Gasteiger partial charge is 0.241 e. The van der Waals surface area contributed by atoms with Gasteiger partial charge in [0.2, 0.25) is 15.9 Å². The second-order valence-electron chi connectivity index (χ2n) is 4.88. The van der Waals surface area contributed by atoms with Crippen LogP contribution >= 0.6 is 0 Å². The van der Waals surface area contributed by atoms with Gasteiger partial charge in [-0.25, -0.2) is 18.1 Å². The Hall–Kier alpha value is -1.86. The van der Waals surface area contributed by atoms with E-state index in [-0.39, 0.29) is 11.4 Å². The molecule has 1 aromatic carbocycles. The van der Waals surface area contributed by atoms with Crippen molar-refractivity contribution in [3.8, 4) is 0 Å². The molecule has 0 unspecified atom stereocenters. The first-order chi connectivity index (χ1) is 9.83. The highest BCUT2D eigenvalue weighted by molar-refractivity contribution is 7.89. The summed E-state index contributed by atoms with van der Waals surface area (Å²) in [5.41, 5.74) is 7.49. The van der Waals surface area contributed by atoms with Crippen molar-refractivity contribution >= 4 is 15.7 Å². The summed E-state index contributed by atoms with van der Waals surface area (Å²) in [6.07, 6.45) is 2.32. The van der Waals surface area contributed by atoms with E-state index < -0.39 is 10.0 Å². The summed E-state index contributed by atoms with van der Waals surface area (Å²) in [6, 6.07) is 3.28. The van der Waals surface area contributed by atoms with Crippen molar-refractivity contribution in [3.05, 3.63) is 41.1 Å². The Morgan fingerprint density at radius 2 is 1.90 bits per heavy atom. The zero-order valence-corrected chi connectivity index (χ0v) is 13.1. The van der Waals surface area contributed by atoms with Gasteiger partial charge >= 0.3 is 0 Å². The van der Waals surface area contributed by atoms with E-state index in [9.17, 15) is 8.42 Å². The first-order valence-corrected chi connectivity index (χ1v) is 8.11. The summed E-state index contributed by atoms with van der Waals surface area (Å²) < 4.78 is 32.7. The predicted molar refractivity (Wildman–Crippen MR) is 80.2 cm³/mol. The van der Waals surface area contributed by atoms with Gasteiger partial charge in [0.15, 0.2) is 0 Å². The third-order valence-electron chi connectivity index (χ3n) is 3.11. The molecule has 0 aliphatic rings. The molecular formula is C14H19N3O3S. The largest absolute Gasteiger partial charge is 0.444 e. The van der Waals surface area contributed by atoms with Crippen molar-refractivity contribution in [1.82, 2.24) is 9.71 Å². The maximum atomic E-state index is 12.4. The van der Waals surface area contributed by atoms with Crippen molar-refractivity contribution < 1.29 is 12.8 Å². The zero-order chi connectivity index (χ0) is 15.6. The molecule has 3 N–H and O–H groups in total. The van der Waals surface area contributed by atoms with Crippen molar-refractivity contribution in [3.63, 3.8) is 0 Å². The van der Waals surface area contributed by atoms with E-state index in [0.29, 0.717) is 22.7 Å². The molecule has 6 nitrogen and oxygen atoms in total. The van der Waals surface area contributed by atoms with E-state index in [0.717, 1.165) is 12.2 Å². The van der Waals surface area contributed by atoms with Gasteiger partial charge in [-0.3, -0.25) is 0 Å². The van der Waals surface area contributed by atoms with Crippen LogP contribution < -0.4 is 10.5 Å².